The number of nitrogens with one attached hydrogen (secondary N) is 1. The van der Waals surface area contributed by atoms with E-state index in [0.29, 0.717) is 17.8 Å². The number of carboxylic acid groups (broad SMARTS) is 1. The van der Waals surface area contributed by atoms with Crippen LogP contribution < -0.4 is 10.1 Å². The molecule has 0 radical (unpaired) electrons. The molecule has 0 aromatic heterocycles. The van der Waals surface area contributed by atoms with Crippen molar-refractivity contribution in [2.75, 3.05) is 5.75 Å². The molecule has 0 aliphatic heterocycles. The average molecular weight is 496 g/mol. The van der Waals surface area contributed by atoms with Gasteiger partial charge in [0.25, 0.3) is 0 Å². The van der Waals surface area contributed by atoms with E-state index < -0.39 is 46.4 Å². The van der Waals surface area contributed by atoms with Gasteiger partial charge in [-0.3, -0.25) is 4.79 Å². The molecule has 0 saturated heterocycles. The van der Waals surface area contributed by atoms with Crippen molar-refractivity contribution in [1.29, 1.82) is 0 Å². The van der Waals surface area contributed by atoms with Crippen LogP contribution in [0.2, 0.25) is 0 Å². The summed E-state index contributed by atoms with van der Waals surface area (Å²) >= 11 is 0.477. The Morgan fingerprint density at radius 1 is 1.09 bits per heavy atom. The molecule has 0 fully saturated rings. The highest BCUT2D eigenvalue weighted by Gasteiger charge is 2.25. The number of hydrogen-bond acceptors (Lipinski definition) is 7. The van der Waals surface area contributed by atoms with Crippen LogP contribution >= 0.6 is 11.8 Å². The molecule has 2 rings (SSSR count). The second-order valence-corrected chi connectivity index (χ2v) is 9.05. The van der Waals surface area contributed by atoms with Gasteiger partial charge in [0.05, 0.1) is 0 Å². The Balaban J connectivity index is 2.33. The van der Waals surface area contributed by atoms with Crippen molar-refractivity contribution in [3.63, 3.8) is 0 Å². The van der Waals surface area contributed by atoms with Crippen LogP contribution in [-0.2, 0) is 14.3 Å². The van der Waals surface area contributed by atoms with E-state index in [1.807, 2.05) is 0 Å². The molecule has 8 nitrogen and oxygen atoms in total. The van der Waals surface area contributed by atoms with Gasteiger partial charge in [-0.1, -0.05) is 6.07 Å². The van der Waals surface area contributed by atoms with Crippen LogP contribution in [-0.4, -0.2) is 45.6 Å². The zero-order chi connectivity index (χ0) is 25.6. The van der Waals surface area contributed by atoms with Crippen LogP contribution in [0.1, 0.15) is 38.1 Å². The molecule has 0 aliphatic rings. The molecule has 1 atom stereocenters. The predicted octanol–water partition coefficient (Wildman–Crippen LogP) is 4.41. The molecule has 2 aromatic rings. The molecule has 182 valence electrons. The van der Waals surface area contributed by atoms with Crippen molar-refractivity contribution in [3.8, 4) is 16.9 Å². The van der Waals surface area contributed by atoms with Crippen molar-refractivity contribution in [1.82, 2.24) is 5.32 Å². The van der Waals surface area contributed by atoms with Crippen molar-refractivity contribution in [3.05, 3.63) is 53.6 Å². The lowest BCUT2D eigenvalue weighted by Crippen LogP contribution is -2.41. The third-order valence-corrected chi connectivity index (χ3v) is 4.90. The number of benzene rings is 2. The number of hydrogen-bond donors (Lipinski definition) is 2. The summed E-state index contributed by atoms with van der Waals surface area (Å²) in [7, 11) is 0. The van der Waals surface area contributed by atoms with E-state index in [-0.39, 0.29) is 28.2 Å². The number of carboxylic acids is 1. The van der Waals surface area contributed by atoms with Crippen LogP contribution in [0.25, 0.3) is 11.1 Å². The molecule has 2 N–H and O–H groups in total. The molecule has 34 heavy (non-hydrogen) atoms. The highest BCUT2D eigenvalue weighted by Crippen LogP contribution is 2.31. The number of halogens is 2. The Kier molecular flexibility index (Phi) is 8.74. The number of aliphatic carboxylic acids is 1. The van der Waals surface area contributed by atoms with Gasteiger partial charge in [0.1, 0.15) is 34.6 Å². The first-order chi connectivity index (χ1) is 15.8. The van der Waals surface area contributed by atoms with E-state index in [1.165, 1.54) is 24.3 Å². The zero-order valence-corrected chi connectivity index (χ0v) is 19.6. The second kappa shape index (κ2) is 11.1. The first-order valence-corrected chi connectivity index (χ1v) is 10.9. The Hall–Kier alpha value is -3.47. The minimum absolute atomic E-state index is 0.0121. The van der Waals surface area contributed by atoms with Crippen molar-refractivity contribution >= 4 is 34.9 Å². The van der Waals surface area contributed by atoms with Crippen LogP contribution in [0.5, 0.6) is 5.75 Å². The molecule has 0 heterocycles. The largest absolute Gasteiger partial charge is 0.480 e. The third kappa shape index (κ3) is 7.84. The highest BCUT2D eigenvalue weighted by atomic mass is 32.2. The van der Waals surface area contributed by atoms with Crippen LogP contribution in [0.3, 0.4) is 0 Å². The van der Waals surface area contributed by atoms with Gasteiger partial charge in [0.15, 0.2) is 0 Å². The fraction of sp³-hybridized carbons (Fsp3) is 0.304. The molecule has 1 amide bonds. The van der Waals surface area contributed by atoms with Gasteiger partial charge in [-0.2, -0.15) is 0 Å². The van der Waals surface area contributed by atoms with Crippen molar-refractivity contribution in [2.45, 2.75) is 39.3 Å². The highest BCUT2D eigenvalue weighted by molar-refractivity contribution is 8.13. The Bertz CT molecular complexity index is 1110. The first-order valence-electron chi connectivity index (χ1n) is 9.94. The van der Waals surface area contributed by atoms with Crippen LogP contribution in [0.4, 0.5) is 13.6 Å². The summed E-state index contributed by atoms with van der Waals surface area (Å²) in [5, 5.41) is 10.4. The maximum absolute atomic E-state index is 14.3. The Labute approximate surface area is 198 Å². The number of carbonyl (C=O) groups excluding carboxylic acids is 3. The Morgan fingerprint density at radius 3 is 2.32 bits per heavy atom. The first kappa shape index (κ1) is 26.8. The quantitative estimate of drug-likeness (QED) is 0.543. The van der Waals surface area contributed by atoms with Gasteiger partial charge in [-0.05, 0) is 62.4 Å². The summed E-state index contributed by atoms with van der Waals surface area (Å²) in [6.45, 7) is 6.02. The maximum atomic E-state index is 14.3. The van der Waals surface area contributed by atoms with Crippen molar-refractivity contribution < 1.29 is 42.5 Å². The van der Waals surface area contributed by atoms with E-state index in [4.69, 9.17) is 14.6 Å². The smallest absolute Gasteiger partial charge is 0.372 e. The molecule has 11 heteroatoms. The molecule has 0 bridgehead atoms. The minimum Gasteiger partial charge on any atom is -0.480 e. The van der Waals surface area contributed by atoms with Gasteiger partial charge in [0.2, 0.25) is 5.91 Å². The summed E-state index contributed by atoms with van der Waals surface area (Å²) in [6, 6.07) is 5.49. The monoisotopic (exact) mass is 495 g/mol. The molecular formula is C23H23F2NO7S. The topological polar surface area (TPSA) is 119 Å². The number of ether oxygens (including phenoxy) is 2. The van der Waals surface area contributed by atoms with Gasteiger partial charge in [-0.25, -0.2) is 23.2 Å². The van der Waals surface area contributed by atoms with Crippen molar-refractivity contribution in [2.24, 2.45) is 0 Å². The second-order valence-electron chi connectivity index (χ2n) is 8.09. The standard InChI is InChI=1S/C23H23F2NO7S/c1-12(27)26-18(20(28)29)11-34-22(31)32-19-8-5-13(15-7-6-14(24)10-17(15)25)9-16(19)21(30)33-23(2,3)4/h5-10,18H,11H2,1-4H3,(H,26,27)(H,28,29)/t18-/m0/s1. The molecule has 0 saturated carbocycles. The average Bonchev–Trinajstić information content (AvgIpc) is 2.70. The van der Waals surface area contributed by atoms with Gasteiger partial charge < -0.3 is 19.9 Å². The van der Waals surface area contributed by atoms with Gasteiger partial charge in [-0.15, -0.1) is 0 Å². The number of esters is 1. The number of rotatable bonds is 7. The molecule has 0 aliphatic carbocycles. The van der Waals surface area contributed by atoms with Crippen LogP contribution in [0, 0.1) is 11.6 Å². The van der Waals surface area contributed by atoms with Crippen LogP contribution in [0.15, 0.2) is 36.4 Å². The summed E-state index contributed by atoms with van der Waals surface area (Å²) < 4.78 is 38.1. The zero-order valence-electron chi connectivity index (χ0n) is 18.8. The predicted molar refractivity (Wildman–Crippen MR) is 121 cm³/mol. The maximum Gasteiger partial charge on any atom is 0.372 e. The summed E-state index contributed by atoms with van der Waals surface area (Å²) in [5.41, 5.74) is -0.862. The third-order valence-electron chi connectivity index (χ3n) is 4.08. The number of thioether (sulfide) groups is 1. The Morgan fingerprint density at radius 2 is 1.76 bits per heavy atom. The van der Waals surface area contributed by atoms with Gasteiger partial charge >= 0.3 is 17.2 Å². The fourth-order valence-corrected chi connectivity index (χ4v) is 3.37. The normalized spacial score (nSPS) is 11.9. The molecular weight excluding hydrogens is 472 g/mol. The summed E-state index contributed by atoms with van der Waals surface area (Å²) in [5.74, 6) is -4.93. The minimum atomic E-state index is -1.34. The number of carbonyl (C=O) groups is 4. The van der Waals surface area contributed by atoms with E-state index in [0.717, 1.165) is 13.0 Å². The van der Waals surface area contributed by atoms with E-state index in [9.17, 15) is 28.0 Å². The lowest BCUT2D eigenvalue weighted by atomic mass is 10.0. The lowest BCUT2D eigenvalue weighted by Gasteiger charge is -2.21. The summed E-state index contributed by atoms with van der Waals surface area (Å²) in [6.07, 6.45) is 0. The summed E-state index contributed by atoms with van der Waals surface area (Å²) in [4.78, 5) is 47.4. The van der Waals surface area contributed by atoms with E-state index >= 15 is 0 Å². The molecule has 0 spiro atoms. The molecule has 0 unspecified atom stereocenters. The van der Waals surface area contributed by atoms with E-state index in [2.05, 4.69) is 5.32 Å². The van der Waals surface area contributed by atoms with E-state index in [1.54, 1.807) is 20.8 Å². The fourth-order valence-electron chi connectivity index (χ4n) is 2.69. The number of amides is 1. The lowest BCUT2D eigenvalue weighted by molar-refractivity contribution is -0.140. The SMILES string of the molecule is CC(=O)N[C@@H](CSC(=O)Oc1ccc(-c2ccc(F)cc2F)cc1C(=O)OC(C)(C)C)C(=O)O. The molecule has 2 aromatic carbocycles. The van der Waals surface area contributed by atoms with Gasteiger partial charge in [0, 0.05) is 24.3 Å².